The Morgan fingerprint density at radius 2 is 1.86 bits per heavy atom. The highest BCUT2D eigenvalue weighted by Crippen LogP contribution is 2.10. The number of likely N-dealkylation sites (tertiary alicyclic amines) is 1. The van der Waals surface area contributed by atoms with Crippen molar-refractivity contribution in [3.63, 3.8) is 0 Å². The van der Waals surface area contributed by atoms with E-state index in [1.807, 2.05) is 4.90 Å². The number of hydrogen-bond acceptors (Lipinski definition) is 4. The molecular weight excluding hydrogens is 184 g/mol. The summed E-state index contributed by atoms with van der Waals surface area (Å²) >= 11 is 0. The van der Waals surface area contributed by atoms with Crippen LogP contribution in [-0.4, -0.2) is 29.9 Å². The summed E-state index contributed by atoms with van der Waals surface area (Å²) in [7, 11) is 0. The van der Waals surface area contributed by atoms with E-state index in [1.165, 1.54) is 0 Å². The first-order valence-corrected chi connectivity index (χ1v) is 4.91. The maximum absolute atomic E-state index is 11.5. The number of nitrogens with zero attached hydrogens (tertiary/aromatic N) is 1. The van der Waals surface area contributed by atoms with E-state index < -0.39 is 5.97 Å². The topological polar surface area (TPSA) is 72.6 Å². The quantitative estimate of drug-likeness (QED) is 0.658. The second-order valence-corrected chi connectivity index (χ2v) is 3.43. The zero-order chi connectivity index (χ0) is 10.4. The summed E-state index contributed by atoms with van der Waals surface area (Å²) in [5, 5.41) is 0. The zero-order valence-corrected chi connectivity index (χ0v) is 8.20. The lowest BCUT2D eigenvalue weighted by molar-refractivity contribution is -0.144. The first-order valence-electron chi connectivity index (χ1n) is 4.91. The van der Waals surface area contributed by atoms with Gasteiger partial charge in [-0.15, -0.1) is 0 Å². The number of hydrogen-bond donors (Lipinski definition) is 1. The number of nitrogens with two attached hydrogens (primary N) is 1. The van der Waals surface area contributed by atoms with Gasteiger partial charge in [0.2, 0.25) is 5.91 Å². The lowest BCUT2D eigenvalue weighted by atomic mass is 10.2. The molecule has 0 aromatic heterocycles. The van der Waals surface area contributed by atoms with Gasteiger partial charge in [-0.05, 0) is 19.3 Å². The van der Waals surface area contributed by atoms with Crippen molar-refractivity contribution in [3.8, 4) is 0 Å². The van der Waals surface area contributed by atoms with Crippen LogP contribution in [-0.2, 0) is 14.4 Å². The normalized spacial score (nSPS) is 15.6. The van der Waals surface area contributed by atoms with Gasteiger partial charge in [-0.25, -0.2) is 0 Å². The van der Waals surface area contributed by atoms with Crippen molar-refractivity contribution in [3.05, 3.63) is 0 Å². The summed E-state index contributed by atoms with van der Waals surface area (Å²) in [5.41, 5.74) is 0. The van der Waals surface area contributed by atoms with Crippen LogP contribution in [0.3, 0.4) is 0 Å². The Morgan fingerprint density at radius 3 is 2.43 bits per heavy atom. The average molecular weight is 200 g/mol. The minimum Gasteiger partial charge on any atom is -0.373 e. The van der Waals surface area contributed by atoms with Crippen molar-refractivity contribution in [2.24, 2.45) is 5.90 Å². The SMILES string of the molecule is NOC(=O)CCCC(=O)N1CCCC1. The van der Waals surface area contributed by atoms with E-state index in [1.54, 1.807) is 0 Å². The highest BCUT2D eigenvalue weighted by atomic mass is 16.7. The van der Waals surface area contributed by atoms with E-state index in [0.29, 0.717) is 12.8 Å². The number of carbonyl (C=O) groups excluding carboxylic acids is 2. The molecule has 0 aromatic carbocycles. The Kier molecular flexibility index (Phi) is 4.39. The predicted molar refractivity (Wildman–Crippen MR) is 49.9 cm³/mol. The van der Waals surface area contributed by atoms with Crippen molar-refractivity contribution in [2.45, 2.75) is 32.1 Å². The summed E-state index contributed by atoms with van der Waals surface area (Å²) in [5.74, 6) is 4.34. The monoisotopic (exact) mass is 200 g/mol. The van der Waals surface area contributed by atoms with Crippen LogP contribution in [0.5, 0.6) is 0 Å². The van der Waals surface area contributed by atoms with Crippen LogP contribution in [0.2, 0.25) is 0 Å². The van der Waals surface area contributed by atoms with Crippen molar-refractivity contribution in [1.29, 1.82) is 0 Å². The van der Waals surface area contributed by atoms with E-state index in [-0.39, 0.29) is 12.3 Å². The summed E-state index contributed by atoms with van der Waals surface area (Å²) in [6.07, 6.45) is 3.34. The fourth-order valence-electron chi connectivity index (χ4n) is 1.57. The molecule has 1 saturated heterocycles. The summed E-state index contributed by atoms with van der Waals surface area (Å²) in [6, 6.07) is 0. The third-order valence-corrected chi connectivity index (χ3v) is 2.36. The van der Waals surface area contributed by atoms with Crippen LogP contribution in [0.25, 0.3) is 0 Å². The molecule has 1 heterocycles. The van der Waals surface area contributed by atoms with Crippen LogP contribution >= 0.6 is 0 Å². The van der Waals surface area contributed by atoms with E-state index >= 15 is 0 Å². The van der Waals surface area contributed by atoms with Gasteiger partial charge in [0.25, 0.3) is 0 Å². The molecule has 2 N–H and O–H groups in total. The molecule has 1 aliphatic heterocycles. The predicted octanol–water partition coefficient (Wildman–Crippen LogP) is 0.196. The molecule has 1 rings (SSSR count). The fourth-order valence-corrected chi connectivity index (χ4v) is 1.57. The molecule has 0 spiro atoms. The molecular formula is C9H16N2O3. The van der Waals surface area contributed by atoms with Gasteiger partial charge in [-0.2, -0.15) is 5.90 Å². The van der Waals surface area contributed by atoms with Gasteiger partial charge < -0.3 is 9.74 Å². The van der Waals surface area contributed by atoms with Gasteiger partial charge in [0.1, 0.15) is 0 Å². The van der Waals surface area contributed by atoms with Crippen molar-refractivity contribution in [2.75, 3.05) is 13.1 Å². The molecule has 1 fully saturated rings. The van der Waals surface area contributed by atoms with Crippen LogP contribution in [0.1, 0.15) is 32.1 Å². The molecule has 1 amide bonds. The van der Waals surface area contributed by atoms with E-state index in [9.17, 15) is 9.59 Å². The first-order chi connectivity index (χ1) is 6.74. The standard InChI is InChI=1S/C9H16N2O3/c10-14-9(13)5-3-4-8(12)11-6-1-2-7-11/h1-7,10H2. The Bertz CT molecular complexity index is 212. The van der Waals surface area contributed by atoms with Crippen LogP contribution in [0.4, 0.5) is 0 Å². The molecule has 0 radical (unpaired) electrons. The Balaban J connectivity index is 2.11. The summed E-state index contributed by atoms with van der Waals surface area (Å²) in [6.45, 7) is 1.72. The largest absolute Gasteiger partial charge is 0.373 e. The molecule has 14 heavy (non-hydrogen) atoms. The van der Waals surface area contributed by atoms with E-state index in [4.69, 9.17) is 0 Å². The number of amides is 1. The molecule has 5 nitrogen and oxygen atoms in total. The summed E-state index contributed by atoms with van der Waals surface area (Å²) in [4.78, 5) is 27.9. The van der Waals surface area contributed by atoms with E-state index in [2.05, 4.69) is 10.7 Å². The molecule has 0 aliphatic carbocycles. The number of rotatable bonds is 4. The zero-order valence-electron chi connectivity index (χ0n) is 8.20. The molecule has 0 atom stereocenters. The van der Waals surface area contributed by atoms with Crippen molar-refractivity contribution < 1.29 is 14.4 Å². The molecule has 0 bridgehead atoms. The second-order valence-electron chi connectivity index (χ2n) is 3.43. The van der Waals surface area contributed by atoms with Crippen molar-refractivity contribution in [1.82, 2.24) is 4.90 Å². The van der Waals surface area contributed by atoms with Crippen LogP contribution in [0, 0.1) is 0 Å². The molecule has 0 saturated carbocycles. The van der Waals surface area contributed by atoms with Gasteiger partial charge in [0.15, 0.2) is 0 Å². The third kappa shape index (κ3) is 3.33. The first kappa shape index (κ1) is 11.0. The van der Waals surface area contributed by atoms with Crippen LogP contribution < -0.4 is 5.90 Å². The highest BCUT2D eigenvalue weighted by molar-refractivity contribution is 5.77. The molecule has 1 aliphatic rings. The fraction of sp³-hybridized carbons (Fsp3) is 0.778. The molecule has 0 unspecified atom stereocenters. The third-order valence-electron chi connectivity index (χ3n) is 2.36. The lowest BCUT2D eigenvalue weighted by Gasteiger charge is -2.14. The molecule has 80 valence electrons. The Labute approximate surface area is 83.1 Å². The van der Waals surface area contributed by atoms with Gasteiger partial charge in [0, 0.05) is 25.9 Å². The van der Waals surface area contributed by atoms with Gasteiger partial charge in [-0.3, -0.25) is 9.59 Å². The maximum Gasteiger partial charge on any atom is 0.324 e. The van der Waals surface area contributed by atoms with E-state index in [0.717, 1.165) is 25.9 Å². The molecule has 5 heteroatoms. The molecule has 0 aromatic rings. The Hall–Kier alpha value is -1.10. The summed E-state index contributed by atoms with van der Waals surface area (Å²) < 4.78 is 0. The van der Waals surface area contributed by atoms with Gasteiger partial charge >= 0.3 is 5.97 Å². The minimum absolute atomic E-state index is 0.132. The average Bonchev–Trinajstić information content (AvgIpc) is 2.70. The smallest absolute Gasteiger partial charge is 0.324 e. The second kappa shape index (κ2) is 5.59. The van der Waals surface area contributed by atoms with Gasteiger partial charge in [0.05, 0.1) is 0 Å². The lowest BCUT2D eigenvalue weighted by Crippen LogP contribution is -2.27. The van der Waals surface area contributed by atoms with Gasteiger partial charge in [-0.1, -0.05) is 0 Å². The highest BCUT2D eigenvalue weighted by Gasteiger charge is 2.17. The maximum atomic E-state index is 11.5. The van der Waals surface area contributed by atoms with Crippen molar-refractivity contribution >= 4 is 11.9 Å². The van der Waals surface area contributed by atoms with Crippen LogP contribution in [0.15, 0.2) is 0 Å². The minimum atomic E-state index is -0.459. The number of carbonyl (C=O) groups is 2. The Morgan fingerprint density at radius 1 is 1.21 bits per heavy atom.